The number of nitrogens with one attached hydrogen (secondary N) is 1. The SMILES string of the molecule is [N-]=[N+]=NCCOCCOCCOCCOc1ccc([C@@H](CC(=O)O)N2CCN(CCCc3ccc4c(n3)NCCC4)C2=O)cc1F. The summed E-state index contributed by atoms with van der Waals surface area (Å²) in [6.07, 6.45) is 3.23. The van der Waals surface area contributed by atoms with Gasteiger partial charge in [0.25, 0.3) is 0 Å². The van der Waals surface area contributed by atoms with Crippen molar-refractivity contribution in [3.8, 4) is 5.75 Å². The minimum atomic E-state index is -1.08. The van der Waals surface area contributed by atoms with Gasteiger partial charge in [-0.25, -0.2) is 14.2 Å². The van der Waals surface area contributed by atoms with Crippen molar-refractivity contribution in [2.45, 2.75) is 38.1 Å². The zero-order valence-electron chi connectivity index (χ0n) is 25.9. The molecule has 1 fully saturated rings. The lowest BCUT2D eigenvalue weighted by atomic mass is 10.0. The topological polar surface area (TPSA) is 171 Å². The Labute approximate surface area is 267 Å². The van der Waals surface area contributed by atoms with Crippen LogP contribution in [0.4, 0.5) is 15.0 Å². The number of carbonyl (C=O) groups excluding carboxylic acids is 1. The predicted molar refractivity (Wildman–Crippen MR) is 166 cm³/mol. The Kier molecular flexibility index (Phi) is 14.1. The number of amides is 2. The Morgan fingerprint density at radius 2 is 1.85 bits per heavy atom. The van der Waals surface area contributed by atoms with Crippen LogP contribution in [0.3, 0.4) is 0 Å². The van der Waals surface area contributed by atoms with Gasteiger partial charge in [0.1, 0.15) is 12.4 Å². The van der Waals surface area contributed by atoms with E-state index in [2.05, 4.69) is 21.4 Å². The van der Waals surface area contributed by atoms with Crippen LogP contribution in [0.15, 0.2) is 35.4 Å². The normalized spacial score (nSPS) is 14.8. The molecule has 0 bridgehead atoms. The fourth-order valence-electron chi connectivity index (χ4n) is 5.37. The number of halogens is 1. The number of ether oxygens (including phenoxy) is 4. The Hall–Kier alpha value is -4.17. The minimum Gasteiger partial charge on any atom is -0.488 e. The number of urea groups is 1. The van der Waals surface area contributed by atoms with Crippen LogP contribution in [0.5, 0.6) is 5.75 Å². The first-order valence-electron chi connectivity index (χ1n) is 15.6. The number of carboxylic acids is 1. The second-order valence-corrected chi connectivity index (χ2v) is 10.9. The highest BCUT2D eigenvalue weighted by Crippen LogP contribution is 2.31. The van der Waals surface area contributed by atoms with E-state index in [1.54, 1.807) is 11.0 Å². The van der Waals surface area contributed by atoms with E-state index in [-0.39, 0.29) is 38.0 Å². The summed E-state index contributed by atoms with van der Waals surface area (Å²) < 4.78 is 36.5. The zero-order valence-corrected chi connectivity index (χ0v) is 25.9. The van der Waals surface area contributed by atoms with Gasteiger partial charge in [0.15, 0.2) is 11.6 Å². The minimum absolute atomic E-state index is 0.0101. The molecule has 4 rings (SSSR count). The molecular formula is C31H42FN7O7. The summed E-state index contributed by atoms with van der Waals surface area (Å²) >= 11 is 0. The molecule has 1 aromatic heterocycles. The van der Waals surface area contributed by atoms with Crippen molar-refractivity contribution in [1.29, 1.82) is 0 Å². The van der Waals surface area contributed by atoms with Gasteiger partial charge in [0.05, 0.1) is 52.1 Å². The summed E-state index contributed by atoms with van der Waals surface area (Å²) in [6, 6.07) is 7.36. The number of azide groups is 1. The fourth-order valence-corrected chi connectivity index (χ4v) is 5.37. The smallest absolute Gasteiger partial charge is 0.320 e. The van der Waals surface area contributed by atoms with Gasteiger partial charge in [-0.05, 0) is 60.5 Å². The summed E-state index contributed by atoms with van der Waals surface area (Å²) in [6.45, 7) is 4.62. The van der Waals surface area contributed by atoms with E-state index >= 15 is 0 Å². The van der Waals surface area contributed by atoms with E-state index in [0.717, 1.165) is 43.7 Å². The second-order valence-electron chi connectivity index (χ2n) is 10.9. The molecular weight excluding hydrogens is 601 g/mol. The fraction of sp³-hybridized carbons (Fsp3) is 0.581. The first kappa shape index (κ1) is 34.7. The van der Waals surface area contributed by atoms with Crippen LogP contribution >= 0.6 is 0 Å². The number of fused-ring (bicyclic) bond motifs is 1. The Bertz CT molecular complexity index is 1340. The number of aryl methyl sites for hydroxylation is 2. The van der Waals surface area contributed by atoms with E-state index < -0.39 is 17.8 Å². The van der Waals surface area contributed by atoms with Crippen LogP contribution in [0.25, 0.3) is 10.4 Å². The molecule has 3 heterocycles. The molecule has 0 radical (unpaired) electrons. The lowest BCUT2D eigenvalue weighted by Gasteiger charge is -2.27. The molecule has 1 aromatic carbocycles. The third-order valence-electron chi connectivity index (χ3n) is 7.65. The number of hydrogen-bond acceptors (Lipinski definition) is 9. The van der Waals surface area contributed by atoms with E-state index in [4.69, 9.17) is 29.5 Å². The third kappa shape index (κ3) is 10.7. The highest BCUT2D eigenvalue weighted by atomic mass is 19.1. The number of carbonyl (C=O) groups is 2. The average Bonchev–Trinajstić information content (AvgIpc) is 3.41. The van der Waals surface area contributed by atoms with Crippen LogP contribution in [0, 0.1) is 5.82 Å². The van der Waals surface area contributed by atoms with Crippen LogP contribution in [-0.4, -0.2) is 111 Å². The number of benzene rings is 1. The lowest BCUT2D eigenvalue weighted by molar-refractivity contribution is -0.138. The van der Waals surface area contributed by atoms with Crippen molar-refractivity contribution in [2.24, 2.45) is 5.11 Å². The number of nitrogens with zero attached hydrogens (tertiary/aromatic N) is 6. The predicted octanol–water partition coefficient (Wildman–Crippen LogP) is 4.20. The molecule has 250 valence electrons. The number of aliphatic carboxylic acids is 1. The molecule has 2 aliphatic heterocycles. The number of anilines is 1. The van der Waals surface area contributed by atoms with Crippen molar-refractivity contribution in [3.63, 3.8) is 0 Å². The zero-order chi connectivity index (χ0) is 32.6. The molecule has 0 saturated carbocycles. The van der Waals surface area contributed by atoms with Crippen LogP contribution < -0.4 is 10.1 Å². The Morgan fingerprint density at radius 3 is 2.59 bits per heavy atom. The molecule has 2 N–H and O–H groups in total. The summed E-state index contributed by atoms with van der Waals surface area (Å²) in [7, 11) is 0. The second kappa shape index (κ2) is 18.7. The molecule has 0 spiro atoms. The van der Waals surface area contributed by atoms with Gasteiger partial charge in [0.2, 0.25) is 0 Å². The quantitative estimate of drug-likeness (QED) is 0.0875. The van der Waals surface area contributed by atoms with Gasteiger partial charge in [0, 0.05) is 43.3 Å². The number of aromatic nitrogens is 1. The molecule has 2 aliphatic rings. The van der Waals surface area contributed by atoms with Crippen molar-refractivity contribution >= 4 is 17.8 Å². The lowest BCUT2D eigenvalue weighted by Crippen LogP contribution is -2.36. The maximum absolute atomic E-state index is 15.0. The molecule has 0 aliphatic carbocycles. The Balaban J connectivity index is 1.19. The van der Waals surface area contributed by atoms with Crippen molar-refractivity contribution in [3.05, 3.63) is 63.4 Å². The molecule has 14 nitrogen and oxygen atoms in total. The van der Waals surface area contributed by atoms with Crippen molar-refractivity contribution < 1.29 is 38.0 Å². The van der Waals surface area contributed by atoms with Crippen LogP contribution in [0.2, 0.25) is 0 Å². The first-order chi connectivity index (χ1) is 22.5. The van der Waals surface area contributed by atoms with E-state index in [0.29, 0.717) is 58.2 Å². The van der Waals surface area contributed by atoms with Gasteiger partial charge in [-0.2, -0.15) is 0 Å². The van der Waals surface area contributed by atoms with Crippen LogP contribution in [0.1, 0.15) is 42.1 Å². The Morgan fingerprint density at radius 1 is 1.09 bits per heavy atom. The monoisotopic (exact) mass is 643 g/mol. The maximum atomic E-state index is 15.0. The van der Waals surface area contributed by atoms with Crippen molar-refractivity contribution in [2.75, 3.05) is 84.3 Å². The molecule has 1 saturated heterocycles. The largest absolute Gasteiger partial charge is 0.488 e. The number of pyridine rings is 1. The summed E-state index contributed by atoms with van der Waals surface area (Å²) in [4.78, 5) is 35.6. The third-order valence-corrected chi connectivity index (χ3v) is 7.65. The molecule has 46 heavy (non-hydrogen) atoms. The molecule has 0 unspecified atom stereocenters. The summed E-state index contributed by atoms with van der Waals surface area (Å²) in [5.74, 6) is -0.770. The van der Waals surface area contributed by atoms with Gasteiger partial charge in [-0.3, -0.25) is 4.79 Å². The van der Waals surface area contributed by atoms with E-state index in [9.17, 15) is 19.1 Å². The van der Waals surface area contributed by atoms with Gasteiger partial charge < -0.3 is 39.2 Å². The molecule has 1 atom stereocenters. The first-order valence-corrected chi connectivity index (χ1v) is 15.6. The van der Waals surface area contributed by atoms with Gasteiger partial charge >= 0.3 is 12.0 Å². The summed E-state index contributed by atoms with van der Waals surface area (Å²) in [5.41, 5.74) is 10.8. The van der Waals surface area contributed by atoms with E-state index in [1.807, 2.05) is 6.07 Å². The number of rotatable bonds is 21. The maximum Gasteiger partial charge on any atom is 0.320 e. The van der Waals surface area contributed by atoms with Gasteiger partial charge in [-0.15, -0.1) is 0 Å². The highest BCUT2D eigenvalue weighted by molar-refractivity contribution is 5.78. The summed E-state index contributed by atoms with van der Waals surface area (Å²) in [5, 5.41) is 16.3. The number of carboxylic acid groups (broad SMARTS) is 1. The van der Waals surface area contributed by atoms with E-state index in [1.165, 1.54) is 22.6 Å². The average molecular weight is 644 g/mol. The van der Waals surface area contributed by atoms with Gasteiger partial charge in [-0.1, -0.05) is 17.2 Å². The van der Waals surface area contributed by atoms with Crippen molar-refractivity contribution in [1.82, 2.24) is 14.8 Å². The standard InChI is InChI=1S/C31H42FN7O7/c32-26-21-24(6-8-28(26)46-20-19-45-18-17-44-16-15-43-14-10-35-37-33)27(22-29(40)41)39-13-12-38(31(39)42)11-2-4-25-7-5-23-3-1-9-34-30(23)36-25/h5-8,21,27H,1-4,9-20,22H2,(H,34,36)(H,40,41)/t27-/m1/s1. The van der Waals surface area contributed by atoms with Crippen LogP contribution in [-0.2, 0) is 31.8 Å². The molecule has 15 heteroatoms. The molecule has 2 amide bonds. The molecule has 2 aromatic rings. The highest BCUT2D eigenvalue weighted by Gasteiger charge is 2.35. The number of hydrogen-bond donors (Lipinski definition) is 2.